The van der Waals surface area contributed by atoms with Crippen molar-refractivity contribution in [3.05, 3.63) is 29.3 Å². The molecule has 5 heteroatoms. The standard InChI is InChI=1S/C16H25N3O2/c1-13-4-5-15(21-2)14(12-13)16(20)18-6-3-9-19-10-7-17-8-11-19/h4-5,12,17H,3,6-11H2,1-2H3,(H,18,20). The first-order valence-electron chi connectivity index (χ1n) is 7.56. The van der Waals surface area contributed by atoms with Gasteiger partial charge in [-0.25, -0.2) is 0 Å². The summed E-state index contributed by atoms with van der Waals surface area (Å²) in [5.41, 5.74) is 1.67. The highest BCUT2D eigenvalue weighted by atomic mass is 16.5. The topological polar surface area (TPSA) is 53.6 Å². The number of aryl methyl sites for hydroxylation is 1. The Morgan fingerprint density at radius 3 is 2.86 bits per heavy atom. The van der Waals surface area contributed by atoms with E-state index in [1.165, 1.54) is 0 Å². The number of nitrogens with one attached hydrogen (secondary N) is 2. The van der Waals surface area contributed by atoms with E-state index in [0.29, 0.717) is 17.9 Å². The highest BCUT2D eigenvalue weighted by molar-refractivity contribution is 5.97. The summed E-state index contributed by atoms with van der Waals surface area (Å²) >= 11 is 0. The molecule has 21 heavy (non-hydrogen) atoms. The number of amides is 1. The van der Waals surface area contributed by atoms with Crippen molar-refractivity contribution < 1.29 is 9.53 Å². The van der Waals surface area contributed by atoms with E-state index in [9.17, 15) is 4.79 Å². The van der Waals surface area contributed by atoms with Crippen molar-refractivity contribution in [3.63, 3.8) is 0 Å². The number of methoxy groups -OCH3 is 1. The van der Waals surface area contributed by atoms with Gasteiger partial charge in [-0.2, -0.15) is 0 Å². The quantitative estimate of drug-likeness (QED) is 0.769. The summed E-state index contributed by atoms with van der Waals surface area (Å²) in [7, 11) is 1.59. The number of hydrogen-bond acceptors (Lipinski definition) is 4. The van der Waals surface area contributed by atoms with Gasteiger partial charge in [-0.15, -0.1) is 0 Å². The molecule has 1 aromatic rings. The van der Waals surface area contributed by atoms with Crippen LogP contribution in [-0.4, -0.2) is 57.2 Å². The number of benzene rings is 1. The van der Waals surface area contributed by atoms with Gasteiger partial charge in [0.05, 0.1) is 12.7 Å². The molecular formula is C16H25N3O2. The maximum Gasteiger partial charge on any atom is 0.255 e. The van der Waals surface area contributed by atoms with E-state index < -0.39 is 0 Å². The van der Waals surface area contributed by atoms with E-state index in [1.807, 2.05) is 25.1 Å². The first-order chi connectivity index (χ1) is 10.2. The fourth-order valence-electron chi connectivity index (χ4n) is 2.53. The molecule has 0 atom stereocenters. The van der Waals surface area contributed by atoms with Crippen molar-refractivity contribution in [2.45, 2.75) is 13.3 Å². The highest BCUT2D eigenvalue weighted by Gasteiger charge is 2.12. The number of piperazine rings is 1. The van der Waals surface area contributed by atoms with Crippen LogP contribution in [0.5, 0.6) is 5.75 Å². The molecule has 0 aliphatic carbocycles. The van der Waals surface area contributed by atoms with E-state index in [1.54, 1.807) is 7.11 Å². The summed E-state index contributed by atoms with van der Waals surface area (Å²) in [6.45, 7) is 8.02. The summed E-state index contributed by atoms with van der Waals surface area (Å²) < 4.78 is 5.25. The molecule has 1 aliphatic rings. The van der Waals surface area contributed by atoms with Crippen LogP contribution in [0.15, 0.2) is 18.2 Å². The molecule has 2 N–H and O–H groups in total. The fourth-order valence-corrected chi connectivity index (χ4v) is 2.53. The second-order valence-corrected chi connectivity index (χ2v) is 5.40. The van der Waals surface area contributed by atoms with Crippen LogP contribution < -0.4 is 15.4 Å². The monoisotopic (exact) mass is 291 g/mol. The molecule has 2 rings (SSSR count). The third-order valence-corrected chi connectivity index (χ3v) is 3.75. The first kappa shape index (κ1) is 15.8. The maximum atomic E-state index is 12.2. The lowest BCUT2D eigenvalue weighted by Crippen LogP contribution is -2.44. The van der Waals surface area contributed by atoms with E-state index in [2.05, 4.69) is 15.5 Å². The highest BCUT2D eigenvalue weighted by Crippen LogP contribution is 2.19. The van der Waals surface area contributed by atoms with Crippen LogP contribution in [-0.2, 0) is 0 Å². The van der Waals surface area contributed by atoms with Crippen LogP contribution >= 0.6 is 0 Å². The van der Waals surface area contributed by atoms with E-state index in [4.69, 9.17) is 4.74 Å². The summed E-state index contributed by atoms with van der Waals surface area (Å²) in [5, 5.41) is 6.32. The van der Waals surface area contributed by atoms with Gasteiger partial charge >= 0.3 is 0 Å². The molecule has 0 aromatic heterocycles. The van der Waals surface area contributed by atoms with Gasteiger partial charge in [-0.3, -0.25) is 4.79 Å². The molecule has 5 nitrogen and oxygen atoms in total. The summed E-state index contributed by atoms with van der Waals surface area (Å²) in [5.74, 6) is 0.566. The van der Waals surface area contributed by atoms with Crippen molar-refractivity contribution in [2.75, 3.05) is 46.4 Å². The van der Waals surface area contributed by atoms with Crippen LogP contribution in [0.1, 0.15) is 22.3 Å². The molecule has 0 bridgehead atoms. The Kier molecular flexibility index (Phi) is 6.02. The lowest BCUT2D eigenvalue weighted by atomic mass is 10.1. The SMILES string of the molecule is COc1ccc(C)cc1C(=O)NCCCN1CCNCC1. The summed E-state index contributed by atoms with van der Waals surface area (Å²) in [4.78, 5) is 14.6. The van der Waals surface area contributed by atoms with Crippen molar-refractivity contribution in [1.29, 1.82) is 0 Å². The third-order valence-electron chi connectivity index (χ3n) is 3.75. The normalized spacial score (nSPS) is 15.7. The number of carbonyl (C=O) groups excluding carboxylic acids is 1. The summed E-state index contributed by atoms with van der Waals surface area (Å²) in [6.07, 6.45) is 0.972. The molecule has 0 radical (unpaired) electrons. The van der Waals surface area contributed by atoms with Gasteiger partial charge in [-0.05, 0) is 32.0 Å². The van der Waals surface area contributed by atoms with Gasteiger partial charge < -0.3 is 20.3 Å². The van der Waals surface area contributed by atoms with Gasteiger partial charge in [0.15, 0.2) is 0 Å². The van der Waals surface area contributed by atoms with Crippen LogP contribution in [0.3, 0.4) is 0 Å². The molecule has 1 amide bonds. The van der Waals surface area contributed by atoms with Crippen LogP contribution in [0.25, 0.3) is 0 Å². The average Bonchev–Trinajstić information content (AvgIpc) is 2.52. The second-order valence-electron chi connectivity index (χ2n) is 5.40. The lowest BCUT2D eigenvalue weighted by Gasteiger charge is -2.27. The van der Waals surface area contributed by atoms with Gasteiger partial charge in [0.2, 0.25) is 0 Å². The van der Waals surface area contributed by atoms with E-state index in [0.717, 1.165) is 44.7 Å². The smallest absolute Gasteiger partial charge is 0.255 e. The van der Waals surface area contributed by atoms with Crippen molar-refractivity contribution in [3.8, 4) is 5.75 Å². The lowest BCUT2D eigenvalue weighted by molar-refractivity contribution is 0.0948. The Labute approximate surface area is 126 Å². The maximum absolute atomic E-state index is 12.2. The van der Waals surface area contributed by atoms with Crippen molar-refractivity contribution in [1.82, 2.24) is 15.5 Å². The molecule has 1 heterocycles. The third kappa shape index (κ3) is 4.72. The number of hydrogen-bond donors (Lipinski definition) is 2. The minimum Gasteiger partial charge on any atom is -0.496 e. The van der Waals surface area contributed by atoms with Crippen molar-refractivity contribution in [2.24, 2.45) is 0 Å². The first-order valence-corrected chi connectivity index (χ1v) is 7.56. The predicted molar refractivity (Wildman–Crippen MR) is 84.0 cm³/mol. The Hall–Kier alpha value is -1.59. The zero-order valence-corrected chi connectivity index (χ0v) is 12.9. The van der Waals surface area contributed by atoms with Gasteiger partial charge in [0, 0.05) is 32.7 Å². The predicted octanol–water partition coefficient (Wildman–Crippen LogP) is 1.03. The van der Waals surface area contributed by atoms with E-state index in [-0.39, 0.29) is 5.91 Å². The molecule has 1 aliphatic heterocycles. The largest absolute Gasteiger partial charge is 0.496 e. The zero-order chi connectivity index (χ0) is 15.1. The summed E-state index contributed by atoms with van der Waals surface area (Å²) in [6, 6.07) is 5.65. The molecule has 0 saturated carbocycles. The molecule has 116 valence electrons. The van der Waals surface area contributed by atoms with Crippen LogP contribution in [0.2, 0.25) is 0 Å². The minimum absolute atomic E-state index is 0.0594. The van der Waals surface area contributed by atoms with Gasteiger partial charge in [0.1, 0.15) is 5.75 Å². The number of carbonyl (C=O) groups is 1. The molecule has 0 spiro atoms. The zero-order valence-electron chi connectivity index (χ0n) is 12.9. The minimum atomic E-state index is -0.0594. The van der Waals surface area contributed by atoms with Crippen molar-refractivity contribution >= 4 is 5.91 Å². The number of ether oxygens (including phenoxy) is 1. The molecule has 0 unspecified atom stereocenters. The number of rotatable bonds is 6. The molecule has 1 saturated heterocycles. The average molecular weight is 291 g/mol. The van der Waals surface area contributed by atoms with E-state index >= 15 is 0 Å². The van der Waals surface area contributed by atoms with Crippen LogP contribution in [0, 0.1) is 6.92 Å². The Balaban J connectivity index is 1.77. The number of nitrogens with zero attached hydrogens (tertiary/aromatic N) is 1. The molecule has 1 fully saturated rings. The second kappa shape index (κ2) is 8.00. The molecular weight excluding hydrogens is 266 g/mol. The van der Waals surface area contributed by atoms with Gasteiger partial charge in [-0.1, -0.05) is 11.6 Å². The van der Waals surface area contributed by atoms with Crippen LogP contribution in [0.4, 0.5) is 0 Å². The molecule has 1 aromatic carbocycles. The Morgan fingerprint density at radius 1 is 1.38 bits per heavy atom. The van der Waals surface area contributed by atoms with Gasteiger partial charge in [0.25, 0.3) is 5.91 Å². The Bertz CT molecular complexity index is 471. The Morgan fingerprint density at radius 2 is 2.14 bits per heavy atom. The fraction of sp³-hybridized carbons (Fsp3) is 0.562.